The summed E-state index contributed by atoms with van der Waals surface area (Å²) < 4.78 is 7.79. The average molecular weight is 297 g/mol. The molecule has 0 amide bonds. The zero-order chi connectivity index (χ0) is 15.4. The minimum atomic E-state index is 0.0648. The molecular weight excluding hydrogens is 278 g/mol. The normalized spacial score (nSPS) is 20.7. The van der Waals surface area contributed by atoms with E-state index in [0.717, 1.165) is 37.4 Å². The number of nitrogens with zero attached hydrogens (tertiary/aromatic N) is 4. The van der Waals surface area contributed by atoms with Crippen LogP contribution in [-0.4, -0.2) is 27.9 Å². The standard InChI is InChI=1S/C16H19N5O/c1-2-21-11-14(9-20-21)16-13(4-6-22-16)8-19-15-10-18-5-3-12(15)7-17/h3,5,9-11,13,16,19H,2,4,6,8H2,1H3/t13-,16+/m0/s1. The van der Waals surface area contributed by atoms with Gasteiger partial charge in [-0.15, -0.1) is 0 Å². The van der Waals surface area contributed by atoms with Crippen LogP contribution in [-0.2, 0) is 11.3 Å². The second kappa shape index (κ2) is 6.58. The van der Waals surface area contributed by atoms with Crippen LogP contribution in [0.1, 0.15) is 30.6 Å². The highest BCUT2D eigenvalue weighted by molar-refractivity contribution is 5.55. The number of hydrogen-bond donors (Lipinski definition) is 1. The van der Waals surface area contributed by atoms with E-state index in [1.165, 1.54) is 0 Å². The Kier molecular flexibility index (Phi) is 4.35. The summed E-state index contributed by atoms with van der Waals surface area (Å²) in [5.74, 6) is 0.362. The topological polar surface area (TPSA) is 75.8 Å². The Labute approximate surface area is 129 Å². The number of aromatic nitrogens is 3. The molecule has 2 aromatic heterocycles. The molecule has 0 aliphatic carbocycles. The fraction of sp³-hybridized carbons (Fsp3) is 0.438. The van der Waals surface area contributed by atoms with Crippen molar-refractivity contribution < 1.29 is 4.74 Å². The van der Waals surface area contributed by atoms with E-state index in [4.69, 9.17) is 10.00 Å². The van der Waals surface area contributed by atoms with Crippen molar-refractivity contribution in [3.05, 3.63) is 42.0 Å². The SMILES string of the molecule is CCn1cc([C@@H]2OCC[C@H]2CNc2cnccc2C#N)cn1. The van der Waals surface area contributed by atoms with Gasteiger partial charge in [0.25, 0.3) is 0 Å². The van der Waals surface area contributed by atoms with Crippen LogP contribution in [0.25, 0.3) is 0 Å². The first-order chi connectivity index (χ1) is 10.8. The monoisotopic (exact) mass is 297 g/mol. The van der Waals surface area contributed by atoms with Gasteiger partial charge in [0.1, 0.15) is 6.07 Å². The van der Waals surface area contributed by atoms with Crippen molar-refractivity contribution in [2.24, 2.45) is 5.92 Å². The minimum Gasteiger partial charge on any atom is -0.382 e. The fourth-order valence-electron chi connectivity index (χ4n) is 2.78. The van der Waals surface area contributed by atoms with Gasteiger partial charge in [0.05, 0.1) is 29.7 Å². The average Bonchev–Trinajstić information content (AvgIpc) is 3.21. The molecule has 0 bridgehead atoms. The molecule has 22 heavy (non-hydrogen) atoms. The Morgan fingerprint density at radius 2 is 2.41 bits per heavy atom. The molecule has 6 nitrogen and oxygen atoms in total. The van der Waals surface area contributed by atoms with Crippen molar-refractivity contribution in [2.75, 3.05) is 18.5 Å². The molecule has 0 aromatic carbocycles. The van der Waals surface area contributed by atoms with E-state index >= 15 is 0 Å². The minimum absolute atomic E-state index is 0.0648. The van der Waals surface area contributed by atoms with Crippen molar-refractivity contribution >= 4 is 5.69 Å². The number of aryl methyl sites for hydroxylation is 1. The number of ether oxygens (including phenoxy) is 1. The van der Waals surface area contributed by atoms with Gasteiger partial charge in [-0.25, -0.2) is 0 Å². The van der Waals surface area contributed by atoms with Crippen LogP contribution in [0.15, 0.2) is 30.9 Å². The van der Waals surface area contributed by atoms with E-state index in [1.807, 2.05) is 17.1 Å². The lowest BCUT2D eigenvalue weighted by molar-refractivity contribution is 0.0932. The second-order valence-electron chi connectivity index (χ2n) is 5.38. The number of pyridine rings is 1. The summed E-state index contributed by atoms with van der Waals surface area (Å²) in [6, 6.07) is 3.90. The molecule has 114 valence electrons. The van der Waals surface area contributed by atoms with E-state index in [0.29, 0.717) is 11.5 Å². The number of nitrogens with one attached hydrogen (secondary N) is 1. The summed E-state index contributed by atoms with van der Waals surface area (Å²) in [4.78, 5) is 4.07. The molecule has 1 fully saturated rings. The molecule has 0 unspecified atom stereocenters. The fourth-order valence-corrected chi connectivity index (χ4v) is 2.78. The highest BCUT2D eigenvalue weighted by Gasteiger charge is 2.30. The van der Waals surface area contributed by atoms with Gasteiger partial charge in [-0.1, -0.05) is 0 Å². The maximum absolute atomic E-state index is 9.12. The third kappa shape index (κ3) is 2.95. The molecule has 0 saturated carbocycles. The van der Waals surface area contributed by atoms with Gasteiger partial charge in [0.15, 0.2) is 0 Å². The maximum atomic E-state index is 9.12. The summed E-state index contributed by atoms with van der Waals surface area (Å²) in [7, 11) is 0. The van der Waals surface area contributed by atoms with Crippen molar-refractivity contribution in [3.63, 3.8) is 0 Å². The number of hydrogen-bond acceptors (Lipinski definition) is 5. The lowest BCUT2D eigenvalue weighted by atomic mass is 9.97. The van der Waals surface area contributed by atoms with E-state index in [1.54, 1.807) is 18.5 Å². The zero-order valence-electron chi connectivity index (χ0n) is 12.6. The molecule has 1 aliphatic rings. The summed E-state index contributed by atoms with van der Waals surface area (Å²) in [5.41, 5.74) is 2.52. The summed E-state index contributed by atoms with van der Waals surface area (Å²) in [5, 5.41) is 16.8. The third-order valence-electron chi connectivity index (χ3n) is 4.02. The van der Waals surface area contributed by atoms with Gasteiger partial charge in [-0.2, -0.15) is 10.4 Å². The van der Waals surface area contributed by atoms with Crippen LogP contribution in [0.5, 0.6) is 0 Å². The molecule has 6 heteroatoms. The molecule has 2 atom stereocenters. The van der Waals surface area contributed by atoms with Crippen LogP contribution in [0.2, 0.25) is 0 Å². The maximum Gasteiger partial charge on any atom is 0.101 e. The first-order valence-electron chi connectivity index (χ1n) is 7.53. The second-order valence-corrected chi connectivity index (χ2v) is 5.38. The van der Waals surface area contributed by atoms with Crippen LogP contribution < -0.4 is 5.32 Å². The Balaban J connectivity index is 1.68. The first-order valence-corrected chi connectivity index (χ1v) is 7.53. The van der Waals surface area contributed by atoms with Crippen molar-refractivity contribution in [1.82, 2.24) is 14.8 Å². The summed E-state index contributed by atoms with van der Waals surface area (Å²) in [6.07, 6.45) is 8.32. The quantitative estimate of drug-likeness (QED) is 0.917. The van der Waals surface area contributed by atoms with Gasteiger partial charge in [0, 0.05) is 43.6 Å². The molecular formula is C16H19N5O. The predicted molar refractivity (Wildman–Crippen MR) is 82.1 cm³/mol. The van der Waals surface area contributed by atoms with E-state index < -0.39 is 0 Å². The van der Waals surface area contributed by atoms with Gasteiger partial charge in [-0.3, -0.25) is 9.67 Å². The molecule has 1 saturated heterocycles. The molecule has 2 aromatic rings. The molecule has 1 N–H and O–H groups in total. The molecule has 0 spiro atoms. The summed E-state index contributed by atoms with van der Waals surface area (Å²) >= 11 is 0. The van der Waals surface area contributed by atoms with Gasteiger partial charge >= 0.3 is 0 Å². The number of rotatable bonds is 5. The lowest BCUT2D eigenvalue weighted by Gasteiger charge is -2.18. The Hall–Kier alpha value is -2.39. The number of nitriles is 1. The van der Waals surface area contributed by atoms with Crippen molar-refractivity contribution in [1.29, 1.82) is 5.26 Å². The first kappa shape index (κ1) is 14.5. The Morgan fingerprint density at radius 1 is 1.50 bits per heavy atom. The summed E-state index contributed by atoms with van der Waals surface area (Å²) in [6.45, 7) is 4.43. The van der Waals surface area contributed by atoms with Crippen LogP contribution in [0.3, 0.4) is 0 Å². The molecule has 3 rings (SSSR count). The van der Waals surface area contributed by atoms with Crippen molar-refractivity contribution in [3.8, 4) is 6.07 Å². The molecule has 0 radical (unpaired) electrons. The zero-order valence-corrected chi connectivity index (χ0v) is 12.6. The van der Waals surface area contributed by atoms with Gasteiger partial charge < -0.3 is 10.1 Å². The van der Waals surface area contributed by atoms with Crippen LogP contribution in [0, 0.1) is 17.2 Å². The Morgan fingerprint density at radius 3 is 3.18 bits per heavy atom. The van der Waals surface area contributed by atoms with Crippen LogP contribution >= 0.6 is 0 Å². The molecule has 1 aliphatic heterocycles. The van der Waals surface area contributed by atoms with Crippen LogP contribution in [0.4, 0.5) is 5.69 Å². The Bertz CT molecular complexity index is 675. The third-order valence-corrected chi connectivity index (χ3v) is 4.02. The largest absolute Gasteiger partial charge is 0.382 e. The van der Waals surface area contributed by atoms with Gasteiger partial charge in [-0.05, 0) is 19.4 Å². The smallest absolute Gasteiger partial charge is 0.101 e. The van der Waals surface area contributed by atoms with E-state index in [-0.39, 0.29) is 6.10 Å². The van der Waals surface area contributed by atoms with E-state index in [2.05, 4.69) is 28.4 Å². The van der Waals surface area contributed by atoms with Gasteiger partial charge in [0.2, 0.25) is 0 Å². The lowest BCUT2D eigenvalue weighted by Crippen LogP contribution is -2.18. The highest BCUT2D eigenvalue weighted by Crippen LogP contribution is 2.34. The number of anilines is 1. The highest BCUT2D eigenvalue weighted by atomic mass is 16.5. The predicted octanol–water partition coefficient (Wildman–Crippen LogP) is 2.36. The molecule has 3 heterocycles. The van der Waals surface area contributed by atoms with Crippen molar-refractivity contribution in [2.45, 2.75) is 26.0 Å². The van der Waals surface area contributed by atoms with E-state index in [9.17, 15) is 0 Å².